The smallest absolute Gasteiger partial charge is 0.240 e. The third-order valence-electron chi connectivity index (χ3n) is 2.74. The summed E-state index contributed by atoms with van der Waals surface area (Å²) in [6.45, 7) is 3.89. The zero-order valence-electron chi connectivity index (χ0n) is 10.5. The van der Waals surface area contributed by atoms with Gasteiger partial charge in [0, 0.05) is 11.6 Å². The van der Waals surface area contributed by atoms with Gasteiger partial charge in [0.05, 0.1) is 4.90 Å². The monoisotopic (exact) mass is 286 g/mol. The number of hydrogen-bond donors (Lipinski definition) is 2. The Kier molecular flexibility index (Phi) is 5.25. The van der Waals surface area contributed by atoms with E-state index < -0.39 is 10.0 Å². The van der Waals surface area contributed by atoms with E-state index in [0.717, 1.165) is 12.8 Å². The average molecular weight is 286 g/mol. The van der Waals surface area contributed by atoms with Crippen molar-refractivity contribution >= 4 is 27.2 Å². The number of hydrogen-bond acceptors (Lipinski definition) is 3. The third-order valence-corrected chi connectivity index (χ3v) is 4.49. The van der Waals surface area contributed by atoms with Gasteiger partial charge >= 0.3 is 0 Å². The molecule has 0 aliphatic heterocycles. The molecular formula is C12H18N2O2S2. The van der Waals surface area contributed by atoms with E-state index in [1.54, 1.807) is 12.1 Å². The molecule has 0 aromatic heterocycles. The van der Waals surface area contributed by atoms with Crippen LogP contribution in [0.5, 0.6) is 0 Å². The minimum Gasteiger partial charge on any atom is -0.389 e. The predicted octanol–water partition coefficient (Wildman–Crippen LogP) is 1.79. The van der Waals surface area contributed by atoms with E-state index in [1.165, 1.54) is 12.1 Å². The van der Waals surface area contributed by atoms with Crippen LogP contribution in [-0.4, -0.2) is 19.4 Å². The van der Waals surface area contributed by atoms with E-state index in [9.17, 15) is 8.42 Å². The summed E-state index contributed by atoms with van der Waals surface area (Å²) in [5.41, 5.74) is 6.05. The first-order valence-corrected chi connectivity index (χ1v) is 7.72. The maximum atomic E-state index is 12.1. The van der Waals surface area contributed by atoms with E-state index in [4.69, 9.17) is 18.0 Å². The molecule has 6 heteroatoms. The van der Waals surface area contributed by atoms with Crippen molar-refractivity contribution in [2.75, 3.05) is 0 Å². The summed E-state index contributed by atoms with van der Waals surface area (Å²) >= 11 is 4.84. The van der Waals surface area contributed by atoms with Crippen LogP contribution in [0.25, 0.3) is 0 Å². The number of benzene rings is 1. The summed E-state index contributed by atoms with van der Waals surface area (Å²) in [6.07, 6.45) is 1.51. The van der Waals surface area contributed by atoms with Crippen molar-refractivity contribution in [3.05, 3.63) is 29.8 Å². The highest BCUT2D eigenvalue weighted by Crippen LogP contribution is 2.13. The Bertz CT molecular complexity index is 523. The summed E-state index contributed by atoms with van der Waals surface area (Å²) in [6, 6.07) is 6.30. The molecule has 0 bridgehead atoms. The third kappa shape index (κ3) is 3.76. The summed E-state index contributed by atoms with van der Waals surface area (Å²) < 4.78 is 26.9. The van der Waals surface area contributed by atoms with Gasteiger partial charge in [-0.2, -0.15) is 0 Å². The number of rotatable bonds is 6. The lowest BCUT2D eigenvalue weighted by Gasteiger charge is -2.15. The fourth-order valence-corrected chi connectivity index (χ4v) is 3.13. The molecular weight excluding hydrogens is 268 g/mol. The van der Waals surface area contributed by atoms with Crippen molar-refractivity contribution in [1.29, 1.82) is 0 Å². The Balaban J connectivity index is 3.05. The van der Waals surface area contributed by atoms with Crippen LogP contribution in [0.15, 0.2) is 29.2 Å². The number of nitrogens with two attached hydrogens (primary N) is 1. The molecule has 4 nitrogen and oxygen atoms in total. The fraction of sp³-hybridized carbons (Fsp3) is 0.417. The van der Waals surface area contributed by atoms with Gasteiger partial charge in [0.15, 0.2) is 0 Å². The average Bonchev–Trinajstić information content (AvgIpc) is 2.36. The zero-order chi connectivity index (χ0) is 13.8. The second-order valence-corrected chi connectivity index (χ2v) is 6.18. The Hall–Kier alpha value is -0.980. The lowest BCUT2D eigenvalue weighted by molar-refractivity contribution is 0.530. The molecule has 18 heavy (non-hydrogen) atoms. The van der Waals surface area contributed by atoms with Gasteiger partial charge < -0.3 is 5.73 Å². The SMILES string of the molecule is CCC(CC)NS(=O)(=O)c1cccc(C(N)=S)c1. The van der Waals surface area contributed by atoms with Crippen molar-refractivity contribution in [2.24, 2.45) is 5.73 Å². The molecule has 1 aromatic carbocycles. The van der Waals surface area contributed by atoms with Crippen LogP contribution in [-0.2, 0) is 10.0 Å². The number of nitrogens with one attached hydrogen (secondary N) is 1. The first-order chi connectivity index (χ1) is 8.40. The molecule has 1 aromatic rings. The lowest BCUT2D eigenvalue weighted by atomic mass is 10.2. The van der Waals surface area contributed by atoms with E-state index >= 15 is 0 Å². The van der Waals surface area contributed by atoms with Crippen molar-refractivity contribution in [1.82, 2.24) is 4.72 Å². The highest BCUT2D eigenvalue weighted by molar-refractivity contribution is 7.89. The maximum absolute atomic E-state index is 12.1. The van der Waals surface area contributed by atoms with Gasteiger partial charge in [0.1, 0.15) is 4.99 Å². The van der Waals surface area contributed by atoms with Crippen molar-refractivity contribution in [3.63, 3.8) is 0 Å². The van der Waals surface area contributed by atoms with Crippen LogP contribution in [0.1, 0.15) is 32.3 Å². The first kappa shape index (κ1) is 15.1. The van der Waals surface area contributed by atoms with Crippen molar-refractivity contribution in [2.45, 2.75) is 37.6 Å². The summed E-state index contributed by atoms with van der Waals surface area (Å²) in [5, 5.41) is 0. The van der Waals surface area contributed by atoms with E-state index in [-0.39, 0.29) is 15.9 Å². The minimum absolute atomic E-state index is 0.0523. The predicted molar refractivity (Wildman–Crippen MR) is 77.0 cm³/mol. The van der Waals surface area contributed by atoms with Gasteiger partial charge in [-0.25, -0.2) is 13.1 Å². The number of sulfonamides is 1. The molecule has 0 saturated carbocycles. The van der Waals surface area contributed by atoms with E-state index in [0.29, 0.717) is 5.56 Å². The van der Waals surface area contributed by atoms with Gasteiger partial charge in [0.2, 0.25) is 10.0 Å². The molecule has 0 unspecified atom stereocenters. The molecule has 0 spiro atoms. The molecule has 0 fully saturated rings. The summed E-state index contributed by atoms with van der Waals surface area (Å²) in [4.78, 5) is 0.384. The van der Waals surface area contributed by atoms with E-state index in [1.807, 2.05) is 13.8 Å². The lowest BCUT2D eigenvalue weighted by Crippen LogP contribution is -2.33. The highest BCUT2D eigenvalue weighted by Gasteiger charge is 2.18. The minimum atomic E-state index is -3.50. The Morgan fingerprint density at radius 3 is 2.50 bits per heavy atom. The highest BCUT2D eigenvalue weighted by atomic mass is 32.2. The summed E-state index contributed by atoms with van der Waals surface area (Å²) in [5.74, 6) is 0. The quantitative estimate of drug-likeness (QED) is 0.782. The van der Waals surface area contributed by atoms with Crippen LogP contribution in [0.3, 0.4) is 0 Å². The summed E-state index contributed by atoms with van der Waals surface area (Å²) in [7, 11) is -3.50. The first-order valence-electron chi connectivity index (χ1n) is 5.83. The van der Waals surface area contributed by atoms with E-state index in [2.05, 4.69) is 4.72 Å². The van der Waals surface area contributed by atoms with Gasteiger partial charge in [-0.15, -0.1) is 0 Å². The van der Waals surface area contributed by atoms with Crippen LogP contribution in [0.2, 0.25) is 0 Å². The molecule has 3 N–H and O–H groups in total. The Labute approximate surface area is 114 Å². The zero-order valence-corrected chi connectivity index (χ0v) is 12.1. The van der Waals surface area contributed by atoms with Crippen molar-refractivity contribution < 1.29 is 8.42 Å². The molecule has 0 saturated heterocycles. The van der Waals surface area contributed by atoms with Gasteiger partial charge in [-0.3, -0.25) is 0 Å². The second-order valence-electron chi connectivity index (χ2n) is 4.03. The fourth-order valence-electron chi connectivity index (χ4n) is 1.56. The van der Waals surface area contributed by atoms with Crippen molar-refractivity contribution in [3.8, 4) is 0 Å². The van der Waals surface area contributed by atoms with Crippen LogP contribution < -0.4 is 10.5 Å². The molecule has 0 heterocycles. The molecule has 1 rings (SSSR count). The molecule has 0 amide bonds. The van der Waals surface area contributed by atoms with Gasteiger partial charge in [-0.05, 0) is 25.0 Å². The second kappa shape index (κ2) is 6.26. The topological polar surface area (TPSA) is 72.2 Å². The molecule has 0 radical (unpaired) electrons. The number of thiocarbonyl (C=S) groups is 1. The molecule has 0 aliphatic rings. The van der Waals surface area contributed by atoms with Gasteiger partial charge in [0.25, 0.3) is 0 Å². The Morgan fingerprint density at radius 1 is 1.39 bits per heavy atom. The van der Waals surface area contributed by atoms with Crippen LogP contribution in [0.4, 0.5) is 0 Å². The normalized spacial score (nSPS) is 11.7. The molecule has 0 atom stereocenters. The van der Waals surface area contributed by atoms with Crippen LogP contribution >= 0.6 is 12.2 Å². The largest absolute Gasteiger partial charge is 0.389 e. The molecule has 100 valence electrons. The van der Waals surface area contributed by atoms with Gasteiger partial charge in [-0.1, -0.05) is 38.2 Å². The molecule has 0 aliphatic carbocycles. The Morgan fingerprint density at radius 2 is 2.00 bits per heavy atom. The van der Waals surface area contributed by atoms with Crippen LogP contribution in [0, 0.1) is 0 Å². The standard InChI is InChI=1S/C12H18N2O2S2/c1-3-10(4-2)14-18(15,16)11-7-5-6-9(8-11)12(13)17/h5-8,10,14H,3-4H2,1-2H3,(H2,13,17). The maximum Gasteiger partial charge on any atom is 0.240 e.